The SMILES string of the molecule is CCc1ccc([C@H](NCC(=O)Nc2c(C)cc(C)cc2C)c2cccs2)cc1. The highest BCUT2D eigenvalue weighted by Crippen LogP contribution is 2.26. The summed E-state index contributed by atoms with van der Waals surface area (Å²) in [5, 5.41) is 8.60. The molecule has 3 nitrogen and oxygen atoms in total. The molecule has 0 aliphatic heterocycles. The van der Waals surface area contributed by atoms with Crippen LogP contribution >= 0.6 is 11.3 Å². The lowest BCUT2D eigenvalue weighted by Crippen LogP contribution is -2.32. The molecule has 1 atom stereocenters. The van der Waals surface area contributed by atoms with Gasteiger partial charge in [0.15, 0.2) is 0 Å². The van der Waals surface area contributed by atoms with Crippen molar-refractivity contribution in [3.8, 4) is 0 Å². The summed E-state index contributed by atoms with van der Waals surface area (Å²) in [6, 6.07) is 17.0. The number of benzene rings is 2. The van der Waals surface area contributed by atoms with E-state index in [4.69, 9.17) is 0 Å². The third-order valence-corrected chi connectivity index (χ3v) is 5.89. The minimum Gasteiger partial charge on any atom is -0.324 e. The molecule has 0 fully saturated rings. The van der Waals surface area contributed by atoms with Gasteiger partial charge in [-0.1, -0.05) is 55.0 Å². The van der Waals surface area contributed by atoms with Gasteiger partial charge in [-0.3, -0.25) is 10.1 Å². The molecular weight excluding hydrogens is 364 g/mol. The Morgan fingerprint density at radius 1 is 1.04 bits per heavy atom. The Hall–Kier alpha value is -2.43. The first kappa shape index (κ1) is 20.3. The Balaban J connectivity index is 1.72. The predicted octanol–water partition coefficient (Wildman–Crippen LogP) is 5.55. The highest BCUT2D eigenvalue weighted by molar-refractivity contribution is 7.10. The number of thiophene rings is 1. The van der Waals surface area contributed by atoms with Crippen LogP contribution in [0.3, 0.4) is 0 Å². The number of hydrogen-bond acceptors (Lipinski definition) is 3. The van der Waals surface area contributed by atoms with Gasteiger partial charge >= 0.3 is 0 Å². The number of carbonyl (C=O) groups is 1. The van der Waals surface area contributed by atoms with Crippen molar-refractivity contribution in [1.29, 1.82) is 0 Å². The minimum absolute atomic E-state index is 0.0110. The molecule has 0 spiro atoms. The van der Waals surface area contributed by atoms with Gasteiger partial charge in [0.05, 0.1) is 12.6 Å². The minimum atomic E-state index is -0.0261. The summed E-state index contributed by atoms with van der Waals surface area (Å²) in [4.78, 5) is 13.8. The molecule has 2 N–H and O–H groups in total. The molecule has 0 aliphatic carbocycles. The van der Waals surface area contributed by atoms with Gasteiger partial charge in [-0.2, -0.15) is 0 Å². The van der Waals surface area contributed by atoms with Gasteiger partial charge in [0, 0.05) is 10.6 Å². The second-order valence-electron chi connectivity index (χ2n) is 7.25. The number of anilines is 1. The molecule has 2 aromatic carbocycles. The topological polar surface area (TPSA) is 41.1 Å². The van der Waals surface area contributed by atoms with Crippen LogP contribution in [0.4, 0.5) is 5.69 Å². The van der Waals surface area contributed by atoms with Crippen LogP contribution < -0.4 is 10.6 Å². The maximum absolute atomic E-state index is 12.6. The molecule has 0 saturated carbocycles. The number of amides is 1. The number of carbonyl (C=O) groups excluding carboxylic acids is 1. The van der Waals surface area contributed by atoms with Gasteiger partial charge < -0.3 is 5.32 Å². The Morgan fingerprint density at radius 2 is 1.71 bits per heavy atom. The average Bonchev–Trinajstić information content (AvgIpc) is 3.20. The zero-order chi connectivity index (χ0) is 20.1. The fraction of sp³-hybridized carbons (Fsp3) is 0.292. The molecule has 28 heavy (non-hydrogen) atoms. The summed E-state index contributed by atoms with van der Waals surface area (Å²) >= 11 is 1.70. The van der Waals surface area contributed by atoms with E-state index in [0.717, 1.165) is 23.2 Å². The fourth-order valence-corrected chi connectivity index (χ4v) is 4.37. The molecule has 3 aromatic rings. The molecule has 0 radical (unpaired) electrons. The largest absolute Gasteiger partial charge is 0.324 e. The van der Waals surface area contributed by atoms with E-state index in [2.05, 4.69) is 72.3 Å². The van der Waals surface area contributed by atoms with Crippen molar-refractivity contribution >= 4 is 22.9 Å². The maximum atomic E-state index is 12.6. The van der Waals surface area contributed by atoms with E-state index < -0.39 is 0 Å². The highest BCUT2D eigenvalue weighted by atomic mass is 32.1. The van der Waals surface area contributed by atoms with Crippen molar-refractivity contribution in [2.24, 2.45) is 0 Å². The molecule has 1 amide bonds. The van der Waals surface area contributed by atoms with Crippen molar-refractivity contribution in [1.82, 2.24) is 5.32 Å². The smallest absolute Gasteiger partial charge is 0.238 e. The van der Waals surface area contributed by atoms with Crippen LogP contribution in [0.5, 0.6) is 0 Å². The van der Waals surface area contributed by atoms with Crippen molar-refractivity contribution in [3.63, 3.8) is 0 Å². The second kappa shape index (κ2) is 9.18. The monoisotopic (exact) mass is 392 g/mol. The molecule has 3 rings (SSSR count). The number of rotatable bonds is 7. The standard InChI is InChI=1S/C24H28N2OS/c1-5-19-8-10-20(11-9-19)24(21-7-6-12-28-21)25-15-22(27)26-23-17(3)13-16(2)14-18(23)4/h6-14,24-25H,5,15H2,1-4H3,(H,26,27)/t24-/m0/s1. The molecule has 4 heteroatoms. The lowest BCUT2D eigenvalue weighted by molar-refractivity contribution is -0.115. The van der Waals surface area contributed by atoms with E-state index in [1.165, 1.54) is 21.6 Å². The lowest BCUT2D eigenvalue weighted by atomic mass is 10.0. The molecule has 0 aliphatic rings. The molecule has 146 valence electrons. The van der Waals surface area contributed by atoms with E-state index in [-0.39, 0.29) is 18.5 Å². The zero-order valence-electron chi connectivity index (χ0n) is 17.0. The summed E-state index contributed by atoms with van der Waals surface area (Å²) < 4.78 is 0. The Bertz CT molecular complexity index is 907. The Kier molecular flexibility index (Phi) is 6.65. The quantitative estimate of drug-likeness (QED) is 0.553. The number of nitrogens with one attached hydrogen (secondary N) is 2. The van der Waals surface area contributed by atoms with E-state index in [0.29, 0.717) is 0 Å². The summed E-state index contributed by atoms with van der Waals surface area (Å²) in [6.07, 6.45) is 1.02. The van der Waals surface area contributed by atoms with Crippen LogP contribution in [0.25, 0.3) is 0 Å². The Morgan fingerprint density at radius 3 is 2.29 bits per heavy atom. The van der Waals surface area contributed by atoms with Crippen molar-refractivity contribution in [3.05, 3.63) is 86.6 Å². The van der Waals surface area contributed by atoms with Gasteiger partial charge in [-0.25, -0.2) is 0 Å². The van der Waals surface area contributed by atoms with Crippen molar-refractivity contribution < 1.29 is 4.79 Å². The Labute approximate surface area is 171 Å². The van der Waals surface area contributed by atoms with Gasteiger partial charge in [0.1, 0.15) is 0 Å². The van der Waals surface area contributed by atoms with Crippen LogP contribution in [-0.2, 0) is 11.2 Å². The van der Waals surface area contributed by atoms with Crippen LogP contribution in [0.2, 0.25) is 0 Å². The average molecular weight is 393 g/mol. The van der Waals surface area contributed by atoms with Gasteiger partial charge in [0.25, 0.3) is 0 Å². The molecule has 1 heterocycles. The zero-order valence-corrected chi connectivity index (χ0v) is 17.8. The molecule has 0 saturated heterocycles. The molecular formula is C24H28N2OS. The van der Waals surface area contributed by atoms with E-state index >= 15 is 0 Å². The normalized spacial score (nSPS) is 12.0. The predicted molar refractivity (Wildman–Crippen MR) is 119 cm³/mol. The maximum Gasteiger partial charge on any atom is 0.238 e. The van der Waals surface area contributed by atoms with Crippen molar-refractivity contribution in [2.45, 2.75) is 40.2 Å². The third kappa shape index (κ3) is 4.89. The highest BCUT2D eigenvalue weighted by Gasteiger charge is 2.17. The first-order valence-electron chi connectivity index (χ1n) is 9.71. The van der Waals surface area contributed by atoms with Crippen LogP contribution in [0.1, 0.15) is 45.7 Å². The summed E-state index contributed by atoms with van der Waals surface area (Å²) in [5.41, 5.74) is 6.80. The van der Waals surface area contributed by atoms with Crippen LogP contribution in [0, 0.1) is 20.8 Å². The summed E-state index contributed by atoms with van der Waals surface area (Å²) in [6.45, 7) is 8.55. The molecule has 1 aromatic heterocycles. The number of aryl methyl sites for hydroxylation is 4. The van der Waals surface area contributed by atoms with Crippen LogP contribution in [-0.4, -0.2) is 12.5 Å². The molecule has 0 unspecified atom stereocenters. The van der Waals surface area contributed by atoms with E-state index in [9.17, 15) is 4.79 Å². The summed E-state index contributed by atoms with van der Waals surface area (Å²) in [7, 11) is 0. The van der Waals surface area contributed by atoms with E-state index in [1.807, 2.05) is 19.9 Å². The van der Waals surface area contributed by atoms with Gasteiger partial charge in [-0.15, -0.1) is 11.3 Å². The first-order chi connectivity index (χ1) is 13.5. The number of hydrogen-bond donors (Lipinski definition) is 2. The first-order valence-corrected chi connectivity index (χ1v) is 10.6. The van der Waals surface area contributed by atoms with Gasteiger partial charge in [-0.05, 0) is 60.9 Å². The molecule has 0 bridgehead atoms. The second-order valence-corrected chi connectivity index (χ2v) is 8.23. The summed E-state index contributed by atoms with van der Waals surface area (Å²) in [5.74, 6) is -0.0261. The fourth-order valence-electron chi connectivity index (χ4n) is 3.54. The van der Waals surface area contributed by atoms with Gasteiger partial charge in [0.2, 0.25) is 5.91 Å². The van der Waals surface area contributed by atoms with E-state index in [1.54, 1.807) is 11.3 Å². The lowest BCUT2D eigenvalue weighted by Gasteiger charge is -2.19. The van der Waals surface area contributed by atoms with Crippen LogP contribution in [0.15, 0.2) is 53.9 Å². The third-order valence-electron chi connectivity index (χ3n) is 4.96. The van der Waals surface area contributed by atoms with Crippen molar-refractivity contribution in [2.75, 3.05) is 11.9 Å².